The van der Waals surface area contributed by atoms with Crippen molar-refractivity contribution < 1.29 is 4.79 Å². The zero-order valence-electron chi connectivity index (χ0n) is 16.4. The monoisotopic (exact) mass is 463 g/mol. The molecule has 1 unspecified atom stereocenters. The quantitative estimate of drug-likeness (QED) is 0.321. The molecule has 0 spiro atoms. The lowest BCUT2D eigenvalue weighted by Gasteiger charge is -2.21. The highest BCUT2D eigenvalue weighted by Crippen LogP contribution is 2.35. The number of carbonyl (C=O) groups is 1. The van der Waals surface area contributed by atoms with E-state index in [2.05, 4.69) is 4.98 Å². The van der Waals surface area contributed by atoms with Gasteiger partial charge in [-0.15, -0.1) is 11.3 Å². The van der Waals surface area contributed by atoms with Crippen LogP contribution in [-0.4, -0.2) is 27.4 Å². The van der Waals surface area contributed by atoms with Gasteiger partial charge >= 0.3 is 0 Å². The molecule has 7 heteroatoms. The first kappa shape index (κ1) is 20.2. The highest BCUT2D eigenvalue weighted by molar-refractivity contribution is 8.01. The van der Waals surface area contributed by atoms with Crippen LogP contribution in [0.15, 0.2) is 88.3 Å². The molecule has 0 fully saturated rings. The van der Waals surface area contributed by atoms with E-state index in [-0.39, 0.29) is 11.9 Å². The zero-order valence-corrected chi connectivity index (χ0v) is 18.8. The van der Waals surface area contributed by atoms with E-state index in [1.807, 2.05) is 78.9 Å². The molecule has 1 amide bonds. The maximum Gasteiger partial charge on any atom is 0.253 e. The summed E-state index contributed by atoms with van der Waals surface area (Å²) in [4.78, 5) is 17.8. The van der Waals surface area contributed by atoms with Crippen LogP contribution < -0.4 is 0 Å². The fourth-order valence-corrected chi connectivity index (χ4v) is 5.64. The number of benzene rings is 3. The molecule has 154 valence electrons. The van der Waals surface area contributed by atoms with E-state index in [0.29, 0.717) is 17.2 Å². The number of carbonyl (C=O) groups excluding carboxylic acids is 1. The molecule has 3 aromatic carbocycles. The van der Waals surface area contributed by atoms with E-state index in [9.17, 15) is 4.79 Å². The lowest BCUT2D eigenvalue weighted by atomic mass is 9.98. The predicted molar refractivity (Wildman–Crippen MR) is 129 cm³/mol. The molecule has 0 saturated carbocycles. The maximum atomic E-state index is 13.2. The molecule has 4 aromatic rings. The number of aromatic nitrogens is 1. The number of hydrogen-bond donors (Lipinski definition) is 0. The van der Waals surface area contributed by atoms with Crippen molar-refractivity contribution in [3.63, 3.8) is 0 Å². The molecule has 31 heavy (non-hydrogen) atoms. The summed E-state index contributed by atoms with van der Waals surface area (Å²) in [6, 6.07) is 25.6. The minimum Gasteiger partial charge on any atom is -0.272 e. The highest BCUT2D eigenvalue weighted by Gasteiger charge is 2.33. The molecule has 0 radical (unpaired) electrons. The Bertz CT molecular complexity index is 1220. The fourth-order valence-electron chi connectivity index (χ4n) is 3.59. The third-order valence-electron chi connectivity index (χ3n) is 5.12. The lowest BCUT2D eigenvalue weighted by Crippen LogP contribution is -2.28. The van der Waals surface area contributed by atoms with Crippen molar-refractivity contribution in [1.29, 1.82) is 0 Å². The van der Waals surface area contributed by atoms with Crippen LogP contribution in [0.4, 0.5) is 0 Å². The van der Waals surface area contributed by atoms with Crippen molar-refractivity contribution in [2.24, 2.45) is 5.10 Å². The molecular weight excluding hydrogens is 446 g/mol. The van der Waals surface area contributed by atoms with Crippen molar-refractivity contribution in [3.05, 3.63) is 95.0 Å². The van der Waals surface area contributed by atoms with E-state index >= 15 is 0 Å². The Morgan fingerprint density at radius 1 is 1.03 bits per heavy atom. The van der Waals surface area contributed by atoms with Crippen LogP contribution in [0.1, 0.15) is 23.6 Å². The van der Waals surface area contributed by atoms with Crippen LogP contribution in [-0.2, 0) is 4.79 Å². The van der Waals surface area contributed by atoms with Crippen molar-refractivity contribution in [2.45, 2.75) is 16.8 Å². The smallest absolute Gasteiger partial charge is 0.253 e. The van der Waals surface area contributed by atoms with E-state index < -0.39 is 0 Å². The van der Waals surface area contributed by atoms with Crippen molar-refractivity contribution in [2.75, 3.05) is 5.75 Å². The van der Waals surface area contributed by atoms with Gasteiger partial charge in [-0.25, -0.2) is 9.99 Å². The van der Waals surface area contributed by atoms with Gasteiger partial charge in [-0.1, -0.05) is 78.0 Å². The fraction of sp³-hybridized carbons (Fsp3) is 0.125. The topological polar surface area (TPSA) is 45.6 Å². The molecule has 0 bridgehead atoms. The Morgan fingerprint density at radius 3 is 2.55 bits per heavy atom. The summed E-state index contributed by atoms with van der Waals surface area (Å²) in [5.41, 5.74) is 3.92. The number of nitrogens with zero attached hydrogens (tertiary/aromatic N) is 3. The second-order valence-corrected chi connectivity index (χ2v) is 9.85. The van der Waals surface area contributed by atoms with Crippen LogP contribution >= 0.6 is 34.7 Å². The van der Waals surface area contributed by atoms with Gasteiger partial charge in [0.25, 0.3) is 5.91 Å². The summed E-state index contributed by atoms with van der Waals surface area (Å²) >= 11 is 9.12. The standard InChI is InChI=1S/C24H18ClN3OS2/c25-18-12-10-16(11-13-18)20-14-21(17-6-2-1-3-7-17)28(27-20)23(29)15-30-24-26-19-8-4-5-9-22(19)31-24/h1-13,21H,14-15H2. The Labute approximate surface area is 193 Å². The number of rotatable bonds is 5. The molecule has 5 rings (SSSR count). The van der Waals surface area contributed by atoms with Gasteiger partial charge in [0.1, 0.15) is 0 Å². The third kappa shape index (κ3) is 4.37. The summed E-state index contributed by atoms with van der Waals surface area (Å²) in [6.07, 6.45) is 0.670. The zero-order chi connectivity index (χ0) is 21.2. The van der Waals surface area contributed by atoms with Crippen LogP contribution in [0.25, 0.3) is 10.2 Å². The van der Waals surface area contributed by atoms with Gasteiger partial charge in [0.05, 0.1) is 27.7 Å². The number of thioether (sulfide) groups is 1. The number of fused-ring (bicyclic) bond motifs is 1. The summed E-state index contributed by atoms with van der Waals surface area (Å²) in [5.74, 6) is 0.266. The lowest BCUT2D eigenvalue weighted by molar-refractivity contribution is -0.130. The van der Waals surface area contributed by atoms with E-state index in [1.54, 1.807) is 16.3 Å². The molecule has 4 nitrogen and oxygen atoms in total. The average Bonchev–Trinajstić information content (AvgIpc) is 3.43. The number of para-hydroxylation sites is 1. The average molecular weight is 464 g/mol. The predicted octanol–water partition coefficient (Wildman–Crippen LogP) is 6.42. The number of thiazole rings is 1. The molecule has 1 atom stereocenters. The summed E-state index contributed by atoms with van der Waals surface area (Å²) in [5, 5.41) is 7.05. The van der Waals surface area contributed by atoms with Crippen molar-refractivity contribution >= 4 is 56.5 Å². The van der Waals surface area contributed by atoms with Gasteiger partial charge in [0.2, 0.25) is 0 Å². The minimum atomic E-state index is -0.115. The Kier molecular flexibility index (Phi) is 5.76. The Hall–Kier alpha value is -2.67. The minimum absolute atomic E-state index is 0.0259. The van der Waals surface area contributed by atoms with Crippen LogP contribution in [0.5, 0.6) is 0 Å². The third-order valence-corrected chi connectivity index (χ3v) is 7.54. The maximum absolute atomic E-state index is 13.2. The molecule has 1 aromatic heterocycles. The Morgan fingerprint density at radius 2 is 1.77 bits per heavy atom. The van der Waals surface area contributed by atoms with Gasteiger partial charge in [-0.3, -0.25) is 4.79 Å². The molecular formula is C24H18ClN3OS2. The summed E-state index contributed by atoms with van der Waals surface area (Å²) < 4.78 is 2.02. The molecule has 0 aliphatic carbocycles. The second kappa shape index (κ2) is 8.83. The van der Waals surface area contributed by atoms with Crippen molar-refractivity contribution in [3.8, 4) is 0 Å². The molecule has 2 heterocycles. The van der Waals surface area contributed by atoms with Crippen LogP contribution in [0.3, 0.4) is 0 Å². The first-order chi connectivity index (χ1) is 15.2. The molecule has 1 aliphatic rings. The summed E-state index contributed by atoms with van der Waals surface area (Å²) in [6.45, 7) is 0. The van der Waals surface area contributed by atoms with Crippen LogP contribution in [0.2, 0.25) is 5.02 Å². The van der Waals surface area contributed by atoms with Gasteiger partial charge < -0.3 is 0 Å². The largest absolute Gasteiger partial charge is 0.272 e. The van der Waals surface area contributed by atoms with Crippen LogP contribution in [0, 0.1) is 0 Å². The number of hydrazone groups is 1. The molecule has 0 saturated heterocycles. The second-order valence-electron chi connectivity index (χ2n) is 7.16. The first-order valence-corrected chi connectivity index (χ1v) is 12.0. The first-order valence-electron chi connectivity index (χ1n) is 9.86. The SMILES string of the molecule is O=C(CSc1nc2ccccc2s1)N1N=C(c2ccc(Cl)cc2)CC1c1ccccc1. The van der Waals surface area contributed by atoms with Gasteiger partial charge in [0.15, 0.2) is 4.34 Å². The normalized spacial score (nSPS) is 16.0. The Balaban J connectivity index is 1.38. The van der Waals surface area contributed by atoms with Gasteiger partial charge in [-0.05, 0) is 35.4 Å². The number of halogens is 1. The number of hydrogen-bond acceptors (Lipinski definition) is 5. The highest BCUT2D eigenvalue weighted by atomic mass is 35.5. The van der Waals surface area contributed by atoms with Gasteiger partial charge in [0, 0.05) is 11.4 Å². The van der Waals surface area contributed by atoms with E-state index in [1.165, 1.54) is 11.8 Å². The van der Waals surface area contributed by atoms with E-state index in [4.69, 9.17) is 16.7 Å². The number of amides is 1. The molecule has 1 aliphatic heterocycles. The molecule has 0 N–H and O–H groups in total. The summed E-state index contributed by atoms with van der Waals surface area (Å²) in [7, 11) is 0. The van der Waals surface area contributed by atoms with E-state index in [0.717, 1.165) is 31.4 Å². The van der Waals surface area contributed by atoms with Crippen molar-refractivity contribution in [1.82, 2.24) is 9.99 Å². The van der Waals surface area contributed by atoms with Gasteiger partial charge in [-0.2, -0.15) is 5.10 Å².